The van der Waals surface area contributed by atoms with Crippen LogP contribution >= 0.6 is 0 Å². The highest BCUT2D eigenvalue weighted by atomic mass is 32.2. The second kappa shape index (κ2) is 3.20. The zero-order chi connectivity index (χ0) is 10.9. The van der Waals surface area contributed by atoms with Crippen LogP contribution in [0, 0.1) is 10.1 Å². The lowest BCUT2D eigenvalue weighted by molar-refractivity contribution is -0.386. The minimum atomic E-state index is -4.55. The first-order chi connectivity index (χ1) is 6.32. The van der Waals surface area contributed by atoms with Gasteiger partial charge in [0.15, 0.2) is 0 Å². The van der Waals surface area contributed by atoms with Gasteiger partial charge in [-0.05, 0) is 0 Å². The number of nitrogens with zero attached hydrogens (tertiary/aromatic N) is 1. The largest absolute Gasteiger partial charge is 0.335 e. The molecule has 0 fully saturated rings. The van der Waals surface area contributed by atoms with Gasteiger partial charge in [0, 0.05) is 12.3 Å². The number of hydrogen-bond acceptors (Lipinski definition) is 5. The molecule has 0 radical (unpaired) electrons. The van der Waals surface area contributed by atoms with E-state index in [0.29, 0.717) is 12.3 Å². The molecule has 14 heavy (non-hydrogen) atoms. The quantitative estimate of drug-likeness (QED) is 0.393. The van der Waals surface area contributed by atoms with Crippen LogP contribution in [0.2, 0.25) is 0 Å². The zero-order valence-electron chi connectivity index (χ0n) is 6.50. The van der Waals surface area contributed by atoms with Gasteiger partial charge in [0.25, 0.3) is 10.1 Å². The fourth-order valence-corrected chi connectivity index (χ4v) is 1.21. The number of H-pyrrole nitrogens is 1. The lowest BCUT2D eigenvalue weighted by Crippen LogP contribution is -2.13. The topological polar surface area (TPSA) is 130 Å². The lowest BCUT2D eigenvalue weighted by atomic mass is 10.4. The third-order valence-corrected chi connectivity index (χ3v) is 2.18. The van der Waals surface area contributed by atoms with Crippen LogP contribution in [-0.4, -0.2) is 22.9 Å². The molecule has 1 aromatic rings. The fourth-order valence-electron chi connectivity index (χ4n) is 0.737. The number of hydrogen-bond donors (Lipinski definition) is 2. The number of aromatic nitrogens is 1. The van der Waals surface area contributed by atoms with Gasteiger partial charge in [0.2, 0.25) is 0 Å². The molecular weight excluding hydrogens is 216 g/mol. The monoisotopic (exact) mass is 220 g/mol. The maximum atomic E-state index is 10.8. The van der Waals surface area contributed by atoms with Gasteiger partial charge >= 0.3 is 11.2 Å². The smallest absolute Gasteiger partial charge is 0.322 e. The average molecular weight is 220 g/mol. The summed E-state index contributed by atoms with van der Waals surface area (Å²) in [6, 6.07) is 0.480. The SMILES string of the molecule is O=c1[nH]cc(S(=O)(=O)O)cc1[N+](=O)[O-]. The fraction of sp³-hybridized carbons (Fsp3) is 0. The first-order valence-corrected chi connectivity index (χ1v) is 4.61. The highest BCUT2D eigenvalue weighted by molar-refractivity contribution is 7.85. The van der Waals surface area contributed by atoms with Gasteiger partial charge in [-0.3, -0.25) is 19.5 Å². The summed E-state index contributed by atoms with van der Waals surface area (Å²) < 4.78 is 29.6. The molecule has 0 bridgehead atoms. The summed E-state index contributed by atoms with van der Waals surface area (Å²) in [5, 5.41) is 10.2. The molecule has 1 rings (SSSR count). The Bertz CT molecular complexity index is 529. The van der Waals surface area contributed by atoms with E-state index in [1.54, 1.807) is 0 Å². The number of nitro groups is 1. The van der Waals surface area contributed by atoms with E-state index < -0.39 is 31.2 Å². The minimum Gasteiger partial charge on any atom is -0.322 e. The Morgan fingerprint density at radius 1 is 1.50 bits per heavy atom. The summed E-state index contributed by atoms with van der Waals surface area (Å²) in [7, 11) is -4.55. The molecule has 1 heterocycles. The van der Waals surface area contributed by atoms with Crippen molar-refractivity contribution in [2.24, 2.45) is 0 Å². The molecule has 0 spiro atoms. The first kappa shape index (κ1) is 10.3. The number of aromatic amines is 1. The molecule has 0 amide bonds. The predicted molar refractivity (Wildman–Crippen MR) is 43.5 cm³/mol. The molecule has 9 heteroatoms. The summed E-state index contributed by atoms with van der Waals surface area (Å²) >= 11 is 0. The van der Waals surface area contributed by atoms with E-state index in [4.69, 9.17) is 4.55 Å². The van der Waals surface area contributed by atoms with E-state index in [0.717, 1.165) is 0 Å². The second-order valence-electron chi connectivity index (χ2n) is 2.28. The van der Waals surface area contributed by atoms with Gasteiger partial charge in [-0.2, -0.15) is 8.42 Å². The van der Waals surface area contributed by atoms with E-state index in [-0.39, 0.29) is 0 Å². The van der Waals surface area contributed by atoms with Gasteiger partial charge in [-0.15, -0.1) is 0 Å². The van der Waals surface area contributed by atoms with Crippen LogP contribution in [0.3, 0.4) is 0 Å². The maximum Gasteiger partial charge on any atom is 0.335 e. The van der Waals surface area contributed by atoms with Crippen LogP contribution in [0.4, 0.5) is 5.69 Å². The van der Waals surface area contributed by atoms with Crippen LogP contribution in [0.5, 0.6) is 0 Å². The molecule has 0 aliphatic carbocycles. The average Bonchev–Trinajstić information content (AvgIpc) is 2.02. The van der Waals surface area contributed by atoms with E-state index in [1.165, 1.54) is 0 Å². The molecule has 0 aliphatic heterocycles. The van der Waals surface area contributed by atoms with Gasteiger partial charge in [-0.1, -0.05) is 0 Å². The highest BCUT2D eigenvalue weighted by Gasteiger charge is 2.18. The molecule has 76 valence electrons. The minimum absolute atomic E-state index is 0.480. The van der Waals surface area contributed by atoms with Crippen LogP contribution in [0.15, 0.2) is 22.0 Å². The van der Waals surface area contributed by atoms with Gasteiger partial charge in [0.1, 0.15) is 4.90 Å². The second-order valence-corrected chi connectivity index (χ2v) is 3.70. The van der Waals surface area contributed by atoms with Crippen molar-refractivity contribution in [2.45, 2.75) is 4.90 Å². The highest BCUT2D eigenvalue weighted by Crippen LogP contribution is 2.10. The summed E-state index contributed by atoms with van der Waals surface area (Å²) in [6.07, 6.45) is 0.671. The van der Waals surface area contributed by atoms with Gasteiger partial charge in [-0.25, -0.2) is 0 Å². The van der Waals surface area contributed by atoms with Crippen molar-refractivity contribution in [1.82, 2.24) is 4.98 Å². The van der Waals surface area contributed by atoms with Crippen molar-refractivity contribution in [3.63, 3.8) is 0 Å². The van der Waals surface area contributed by atoms with Crippen LogP contribution in [-0.2, 0) is 10.1 Å². The number of pyridine rings is 1. The van der Waals surface area contributed by atoms with E-state index in [9.17, 15) is 23.3 Å². The molecule has 0 aliphatic rings. The van der Waals surface area contributed by atoms with E-state index in [1.807, 2.05) is 4.98 Å². The van der Waals surface area contributed by atoms with E-state index in [2.05, 4.69) is 0 Å². The lowest BCUT2D eigenvalue weighted by Gasteiger charge is -1.95. The third kappa shape index (κ3) is 1.95. The van der Waals surface area contributed by atoms with Crippen LogP contribution in [0.25, 0.3) is 0 Å². The Morgan fingerprint density at radius 2 is 2.07 bits per heavy atom. The summed E-state index contributed by atoms with van der Waals surface area (Å²) in [6.45, 7) is 0. The van der Waals surface area contributed by atoms with Crippen molar-refractivity contribution in [1.29, 1.82) is 0 Å². The Labute approximate surface area is 77.1 Å². The Balaban J connectivity index is 3.50. The maximum absolute atomic E-state index is 10.8. The predicted octanol–water partition coefficient (Wildman–Crippen LogP) is -0.470. The van der Waals surface area contributed by atoms with E-state index >= 15 is 0 Å². The molecule has 0 unspecified atom stereocenters. The molecule has 0 saturated heterocycles. The van der Waals surface area contributed by atoms with Crippen LogP contribution < -0.4 is 5.56 Å². The molecule has 0 aromatic carbocycles. The van der Waals surface area contributed by atoms with Gasteiger partial charge in [0.05, 0.1) is 4.92 Å². The number of rotatable bonds is 2. The summed E-state index contributed by atoms with van der Waals surface area (Å²) in [5.74, 6) is 0. The Hall–Kier alpha value is -1.74. The van der Waals surface area contributed by atoms with Crippen molar-refractivity contribution in [3.8, 4) is 0 Å². The Kier molecular flexibility index (Phi) is 2.36. The Morgan fingerprint density at radius 3 is 2.50 bits per heavy atom. The van der Waals surface area contributed by atoms with Crippen molar-refractivity contribution in [2.75, 3.05) is 0 Å². The first-order valence-electron chi connectivity index (χ1n) is 3.17. The molecule has 2 N–H and O–H groups in total. The summed E-state index contributed by atoms with van der Waals surface area (Å²) in [4.78, 5) is 21.0. The third-order valence-electron chi connectivity index (χ3n) is 1.35. The molecular formula is C5H4N2O6S. The molecule has 1 aromatic heterocycles. The normalized spacial score (nSPS) is 11.2. The standard InChI is InChI=1S/C5H4N2O6S/c8-5-4(7(9)10)1-3(2-6-5)14(11,12)13/h1-2H,(H,6,8)(H,11,12,13). The molecule has 0 atom stereocenters. The van der Waals surface area contributed by atoms with Crippen molar-refractivity contribution in [3.05, 3.63) is 32.7 Å². The molecule has 8 nitrogen and oxygen atoms in total. The summed E-state index contributed by atoms with van der Waals surface area (Å²) in [5.41, 5.74) is -1.98. The van der Waals surface area contributed by atoms with Gasteiger partial charge < -0.3 is 4.98 Å². The molecule has 0 saturated carbocycles. The van der Waals surface area contributed by atoms with Crippen molar-refractivity contribution >= 4 is 15.8 Å². The van der Waals surface area contributed by atoms with Crippen LogP contribution in [0.1, 0.15) is 0 Å². The van der Waals surface area contributed by atoms with Crippen molar-refractivity contribution < 1.29 is 17.9 Å². The number of nitrogens with one attached hydrogen (secondary N) is 1. The zero-order valence-corrected chi connectivity index (χ0v) is 7.32.